The number of nitriles is 1. The van der Waals surface area contributed by atoms with Crippen molar-refractivity contribution in [2.24, 2.45) is 0 Å². The molecule has 4 heteroatoms. The van der Waals surface area contributed by atoms with E-state index < -0.39 is 17.2 Å². The van der Waals surface area contributed by atoms with Crippen LogP contribution in [0.4, 0.5) is 4.39 Å². The molecule has 1 aliphatic rings. The van der Waals surface area contributed by atoms with Crippen molar-refractivity contribution < 1.29 is 14.3 Å². The normalized spacial score (nSPS) is 16.9. The van der Waals surface area contributed by atoms with Crippen LogP contribution in [0.1, 0.15) is 36.8 Å². The van der Waals surface area contributed by atoms with E-state index in [-0.39, 0.29) is 12.0 Å². The Morgan fingerprint density at radius 1 is 1.53 bits per heavy atom. The molecular weight excluding hydrogens is 221 g/mol. The third kappa shape index (κ3) is 2.01. The van der Waals surface area contributed by atoms with Gasteiger partial charge < -0.3 is 5.11 Å². The van der Waals surface area contributed by atoms with Crippen LogP contribution >= 0.6 is 0 Å². The molecule has 0 heterocycles. The van der Waals surface area contributed by atoms with Gasteiger partial charge in [0.05, 0.1) is 12.0 Å². The fourth-order valence-electron chi connectivity index (χ4n) is 2.40. The van der Waals surface area contributed by atoms with Gasteiger partial charge in [-0.3, -0.25) is 4.79 Å². The van der Waals surface area contributed by atoms with Crippen molar-refractivity contribution in [3.8, 4) is 6.07 Å². The number of halogens is 1. The van der Waals surface area contributed by atoms with Gasteiger partial charge in [-0.2, -0.15) is 5.26 Å². The number of carboxylic acids is 1. The highest BCUT2D eigenvalue weighted by Gasteiger charge is 2.40. The molecule has 88 valence electrons. The summed E-state index contributed by atoms with van der Waals surface area (Å²) < 4.78 is 13.2. The molecule has 0 unspecified atom stereocenters. The van der Waals surface area contributed by atoms with E-state index in [1.807, 2.05) is 0 Å². The number of carbonyl (C=O) groups is 1. The van der Waals surface area contributed by atoms with Crippen LogP contribution in [0, 0.1) is 17.1 Å². The second-order valence-corrected chi connectivity index (χ2v) is 4.51. The first-order valence-electron chi connectivity index (χ1n) is 5.49. The van der Waals surface area contributed by atoms with Gasteiger partial charge in [0, 0.05) is 5.41 Å². The molecule has 1 aromatic carbocycles. The first-order chi connectivity index (χ1) is 8.07. The second kappa shape index (κ2) is 4.17. The minimum atomic E-state index is -0.854. The highest BCUT2D eigenvalue weighted by molar-refractivity contribution is 5.69. The van der Waals surface area contributed by atoms with Crippen molar-refractivity contribution in [3.63, 3.8) is 0 Å². The van der Waals surface area contributed by atoms with E-state index in [0.717, 1.165) is 24.8 Å². The monoisotopic (exact) mass is 233 g/mol. The molecule has 2 rings (SSSR count). The number of nitrogens with zero attached hydrogens (tertiary/aromatic N) is 1. The van der Waals surface area contributed by atoms with E-state index in [0.29, 0.717) is 0 Å². The molecule has 0 saturated heterocycles. The topological polar surface area (TPSA) is 61.1 Å². The minimum Gasteiger partial charge on any atom is -0.481 e. The maximum absolute atomic E-state index is 13.2. The largest absolute Gasteiger partial charge is 0.481 e. The van der Waals surface area contributed by atoms with Crippen molar-refractivity contribution in [2.75, 3.05) is 0 Å². The highest BCUT2D eigenvalue weighted by atomic mass is 19.1. The Hall–Kier alpha value is -1.89. The SMILES string of the molecule is N#Cc1cc(C2(CC(=O)O)CCC2)ccc1F. The number of hydrogen-bond acceptors (Lipinski definition) is 2. The molecule has 1 saturated carbocycles. The fourth-order valence-corrected chi connectivity index (χ4v) is 2.40. The predicted octanol–water partition coefficient (Wildman–Crippen LogP) is 2.59. The van der Waals surface area contributed by atoms with Gasteiger partial charge in [0.25, 0.3) is 0 Å². The summed E-state index contributed by atoms with van der Waals surface area (Å²) in [7, 11) is 0. The van der Waals surface area contributed by atoms with Crippen molar-refractivity contribution in [2.45, 2.75) is 31.1 Å². The number of rotatable bonds is 3. The summed E-state index contributed by atoms with van der Waals surface area (Å²) in [6.45, 7) is 0. The lowest BCUT2D eigenvalue weighted by molar-refractivity contribution is -0.139. The number of aliphatic carboxylic acids is 1. The molecule has 1 N–H and O–H groups in total. The summed E-state index contributed by atoms with van der Waals surface area (Å²) in [5.74, 6) is -1.41. The molecule has 0 aliphatic heterocycles. The Bertz CT molecular complexity index is 501. The van der Waals surface area contributed by atoms with Gasteiger partial charge in [-0.05, 0) is 30.5 Å². The van der Waals surface area contributed by atoms with Crippen LogP contribution in [0.25, 0.3) is 0 Å². The standard InChI is InChI=1S/C13H12FNO2/c14-11-3-2-10(6-9(11)8-15)13(4-1-5-13)7-12(16)17/h2-3,6H,1,4-5,7H2,(H,16,17). The average Bonchev–Trinajstić information content (AvgIpc) is 2.24. The van der Waals surface area contributed by atoms with E-state index in [1.165, 1.54) is 12.1 Å². The third-order valence-corrected chi connectivity index (χ3v) is 3.50. The molecule has 0 spiro atoms. The minimum absolute atomic E-state index is 0.0147. The van der Waals surface area contributed by atoms with Crippen LogP contribution in [-0.4, -0.2) is 11.1 Å². The number of carboxylic acid groups (broad SMARTS) is 1. The molecule has 17 heavy (non-hydrogen) atoms. The molecule has 0 bridgehead atoms. The van der Waals surface area contributed by atoms with E-state index in [2.05, 4.69) is 0 Å². The summed E-state index contributed by atoms with van der Waals surface area (Å²) in [5.41, 5.74) is 0.355. The zero-order chi connectivity index (χ0) is 12.5. The molecular formula is C13H12FNO2. The van der Waals surface area contributed by atoms with Crippen LogP contribution in [0.2, 0.25) is 0 Å². The molecule has 3 nitrogen and oxygen atoms in total. The Morgan fingerprint density at radius 2 is 2.24 bits per heavy atom. The fraction of sp³-hybridized carbons (Fsp3) is 0.385. The zero-order valence-electron chi connectivity index (χ0n) is 9.24. The van der Waals surface area contributed by atoms with Crippen molar-refractivity contribution in [1.82, 2.24) is 0 Å². The first-order valence-corrected chi connectivity index (χ1v) is 5.49. The summed E-state index contributed by atoms with van der Waals surface area (Å²) in [6.07, 6.45) is 2.60. The first kappa shape index (κ1) is 11.6. The summed E-state index contributed by atoms with van der Waals surface area (Å²) in [5, 5.41) is 17.7. The van der Waals surface area contributed by atoms with Crippen LogP contribution in [0.15, 0.2) is 18.2 Å². The lowest BCUT2D eigenvalue weighted by Crippen LogP contribution is -2.36. The van der Waals surface area contributed by atoms with Gasteiger partial charge in [0.2, 0.25) is 0 Å². The average molecular weight is 233 g/mol. The smallest absolute Gasteiger partial charge is 0.304 e. The molecule has 0 aromatic heterocycles. The van der Waals surface area contributed by atoms with E-state index in [9.17, 15) is 9.18 Å². The molecule has 0 radical (unpaired) electrons. The summed E-state index contributed by atoms with van der Waals surface area (Å²) >= 11 is 0. The maximum atomic E-state index is 13.2. The Labute approximate surface area is 98.5 Å². The van der Waals surface area contributed by atoms with Crippen molar-refractivity contribution in [3.05, 3.63) is 35.1 Å². The lowest BCUT2D eigenvalue weighted by Gasteiger charge is -2.41. The Balaban J connectivity index is 2.38. The van der Waals surface area contributed by atoms with E-state index >= 15 is 0 Å². The van der Waals surface area contributed by atoms with Crippen molar-refractivity contribution in [1.29, 1.82) is 5.26 Å². The number of hydrogen-bond donors (Lipinski definition) is 1. The Morgan fingerprint density at radius 3 is 2.71 bits per heavy atom. The second-order valence-electron chi connectivity index (χ2n) is 4.51. The summed E-state index contributed by atoms with van der Waals surface area (Å²) in [6, 6.07) is 6.11. The molecule has 1 aliphatic carbocycles. The highest BCUT2D eigenvalue weighted by Crippen LogP contribution is 2.46. The van der Waals surface area contributed by atoms with E-state index in [4.69, 9.17) is 10.4 Å². The van der Waals surface area contributed by atoms with Gasteiger partial charge >= 0.3 is 5.97 Å². The molecule has 0 amide bonds. The molecule has 0 atom stereocenters. The van der Waals surface area contributed by atoms with Gasteiger partial charge in [-0.25, -0.2) is 4.39 Å². The van der Waals surface area contributed by atoms with Gasteiger partial charge in [0.1, 0.15) is 11.9 Å². The Kier molecular flexibility index (Phi) is 2.84. The van der Waals surface area contributed by atoms with E-state index in [1.54, 1.807) is 12.1 Å². The molecule has 1 fully saturated rings. The molecule has 1 aromatic rings. The van der Waals surface area contributed by atoms with Crippen LogP contribution in [-0.2, 0) is 10.2 Å². The zero-order valence-corrected chi connectivity index (χ0v) is 9.24. The maximum Gasteiger partial charge on any atom is 0.304 e. The van der Waals surface area contributed by atoms with Gasteiger partial charge in [-0.1, -0.05) is 12.5 Å². The predicted molar refractivity (Wildman–Crippen MR) is 58.9 cm³/mol. The van der Waals surface area contributed by atoms with Crippen LogP contribution in [0.3, 0.4) is 0 Å². The van der Waals surface area contributed by atoms with Crippen LogP contribution < -0.4 is 0 Å². The van der Waals surface area contributed by atoms with Gasteiger partial charge in [0.15, 0.2) is 0 Å². The van der Waals surface area contributed by atoms with Gasteiger partial charge in [-0.15, -0.1) is 0 Å². The number of benzene rings is 1. The van der Waals surface area contributed by atoms with Crippen LogP contribution in [0.5, 0.6) is 0 Å². The van der Waals surface area contributed by atoms with Crippen molar-refractivity contribution >= 4 is 5.97 Å². The quantitative estimate of drug-likeness (QED) is 0.872. The lowest BCUT2D eigenvalue weighted by atomic mass is 9.62. The summed E-state index contributed by atoms with van der Waals surface area (Å²) in [4.78, 5) is 10.9. The third-order valence-electron chi connectivity index (χ3n) is 3.50.